The minimum absolute atomic E-state index is 0.166. The van der Waals surface area contributed by atoms with Crippen LogP contribution in [0, 0.1) is 0 Å². The minimum Gasteiger partial charge on any atom is -0.453 e. The summed E-state index contributed by atoms with van der Waals surface area (Å²) in [6.45, 7) is -0.370. The molecule has 0 aromatic heterocycles. The van der Waals surface area contributed by atoms with Crippen LogP contribution in [-0.2, 0) is 0 Å². The number of nitrogens with zero attached hydrogens (tertiary/aromatic N) is 6. The Morgan fingerprint density at radius 2 is 0.575 bits per heavy atom. The van der Waals surface area contributed by atoms with Gasteiger partial charge in [0.25, 0.3) is 13.4 Å². The van der Waals surface area contributed by atoms with Crippen molar-refractivity contribution < 1.29 is 4.74 Å². The van der Waals surface area contributed by atoms with Gasteiger partial charge in [-0.3, -0.25) is 0 Å². The smallest absolute Gasteiger partial charge is 0.252 e. The van der Waals surface area contributed by atoms with Gasteiger partial charge in [0.1, 0.15) is 0 Å². The topological polar surface area (TPSA) is 28.7 Å². The van der Waals surface area contributed by atoms with Crippen molar-refractivity contribution in [1.29, 1.82) is 0 Å². The molecule has 9 heteroatoms. The van der Waals surface area contributed by atoms with Crippen molar-refractivity contribution >= 4 is 149 Å². The first-order valence-electron chi connectivity index (χ1n) is 29.9. The number of hydrogen-bond donors (Lipinski definition) is 0. The van der Waals surface area contributed by atoms with Gasteiger partial charge in [-0.1, -0.05) is 176 Å². The molecule has 0 aliphatic carbocycles. The summed E-state index contributed by atoms with van der Waals surface area (Å²) in [6.07, 6.45) is 0. The quantitative estimate of drug-likeness (QED) is 0.133. The molecule has 18 rings (SSSR count). The summed E-state index contributed by atoms with van der Waals surface area (Å²) in [7, 11) is 0. The van der Waals surface area contributed by atoms with Gasteiger partial charge in [-0.2, -0.15) is 0 Å². The van der Waals surface area contributed by atoms with E-state index >= 15 is 0 Å². The van der Waals surface area contributed by atoms with Gasteiger partial charge >= 0.3 is 0 Å². The van der Waals surface area contributed by atoms with E-state index in [4.69, 9.17) is 4.74 Å². The Labute approximate surface area is 506 Å². The van der Waals surface area contributed by atoms with Gasteiger partial charge in [0.2, 0.25) is 0 Å². The first-order chi connectivity index (χ1) is 43.2. The van der Waals surface area contributed by atoms with Crippen LogP contribution in [0.3, 0.4) is 0 Å². The molecule has 0 saturated heterocycles. The van der Waals surface area contributed by atoms with Crippen molar-refractivity contribution in [2.24, 2.45) is 0 Å². The number of benzene rings is 13. The molecule has 0 N–H and O–H groups in total. The Kier molecular flexibility index (Phi) is 11.0. The molecule has 5 heterocycles. The predicted octanol–water partition coefficient (Wildman–Crippen LogP) is 16.9. The predicted molar refractivity (Wildman–Crippen MR) is 364 cm³/mol. The summed E-state index contributed by atoms with van der Waals surface area (Å²) in [4.78, 5) is 14.9. The second-order valence-corrected chi connectivity index (χ2v) is 22.8. The van der Waals surface area contributed by atoms with E-state index in [2.05, 4.69) is 345 Å². The van der Waals surface area contributed by atoms with Crippen LogP contribution in [0.2, 0.25) is 0 Å². The maximum absolute atomic E-state index is 7.01. The SMILES string of the molecule is c1ccc(N(c2ccccc2)c2cc3c4c(c2)N(c2ccccc2)c2cc5c(cc2B4c2ccccc2N3c2ccccc2)B2c3cccc4c3N(c3ccccc3O4)c3cc(N(c4ccccc4)c4ccccc4)cc(c32)N5c2ccccc2)cc1. The fourth-order valence-electron chi connectivity index (χ4n) is 14.6. The standard InChI is InChI=1S/C78H52B2N6O/c1-8-27-53(28-9-1)81(54-29-10-2-11-30-54)60-47-70-76-71(48-60)84(58-37-18-6-19-38-58)68-52-69-65(51-64(68)79(76)62-41-22-23-43-66(62)83(70)57-35-16-5-17-36-57)80-63-42-26-46-75-78(63)86(67-44-24-25-45-74(67)87-75)73-50-61(49-72(77(73)80)85(69)59-39-20-7-21-40-59)82(55-31-12-3-13-32-55)56-33-14-4-15-34-56/h1-52H. The normalized spacial score (nSPS) is 13.2. The second-order valence-electron chi connectivity index (χ2n) is 22.8. The highest BCUT2D eigenvalue weighted by Gasteiger charge is 2.50. The van der Waals surface area contributed by atoms with Crippen molar-refractivity contribution in [3.63, 3.8) is 0 Å². The maximum atomic E-state index is 7.01. The zero-order valence-corrected chi connectivity index (χ0v) is 47.3. The third-order valence-corrected chi connectivity index (χ3v) is 18.1. The summed E-state index contributed by atoms with van der Waals surface area (Å²) in [5.74, 6) is 1.66. The fraction of sp³-hybridized carbons (Fsp3) is 0. The monoisotopic (exact) mass is 1110 g/mol. The van der Waals surface area contributed by atoms with Gasteiger partial charge in [-0.05, 0) is 172 Å². The van der Waals surface area contributed by atoms with Gasteiger partial charge in [-0.25, -0.2) is 0 Å². The average molecular weight is 1110 g/mol. The van der Waals surface area contributed by atoms with Crippen LogP contribution < -0.4 is 66.9 Å². The van der Waals surface area contributed by atoms with Crippen molar-refractivity contribution in [3.05, 3.63) is 315 Å². The molecule has 0 bridgehead atoms. The summed E-state index contributed by atoms with van der Waals surface area (Å²) >= 11 is 0. The molecule has 7 nitrogen and oxygen atoms in total. The average Bonchev–Trinajstić information content (AvgIpc) is 1.95. The Hall–Kier alpha value is -11.4. The summed E-state index contributed by atoms with van der Waals surface area (Å²) in [5, 5.41) is 0. The van der Waals surface area contributed by atoms with E-state index in [-0.39, 0.29) is 13.4 Å². The van der Waals surface area contributed by atoms with E-state index in [0.717, 1.165) is 114 Å². The Balaban J connectivity index is 0.967. The van der Waals surface area contributed by atoms with Gasteiger partial charge in [0, 0.05) is 79.6 Å². The number of hydrogen-bond acceptors (Lipinski definition) is 7. The molecule has 13 aromatic rings. The van der Waals surface area contributed by atoms with Crippen LogP contribution in [0.25, 0.3) is 0 Å². The molecular formula is C78H52B2N6O. The molecule has 0 amide bonds. The van der Waals surface area contributed by atoms with Crippen molar-refractivity contribution in [2.45, 2.75) is 0 Å². The lowest BCUT2D eigenvalue weighted by molar-refractivity contribution is 0.477. The lowest BCUT2D eigenvalue weighted by Gasteiger charge is -2.48. The molecule has 0 radical (unpaired) electrons. The van der Waals surface area contributed by atoms with Gasteiger partial charge in [0.05, 0.1) is 22.7 Å². The molecule has 0 unspecified atom stereocenters. The first kappa shape index (κ1) is 49.1. The molecule has 0 atom stereocenters. The van der Waals surface area contributed by atoms with E-state index in [9.17, 15) is 0 Å². The summed E-state index contributed by atoms with van der Waals surface area (Å²) in [5.41, 5.74) is 26.9. The Morgan fingerprint density at radius 3 is 1.03 bits per heavy atom. The van der Waals surface area contributed by atoms with E-state index in [0.29, 0.717) is 0 Å². The lowest BCUT2D eigenvalue weighted by atomic mass is 9.30. The second kappa shape index (κ2) is 19.6. The van der Waals surface area contributed by atoms with Crippen molar-refractivity contribution in [1.82, 2.24) is 0 Å². The molecule has 5 aliphatic rings. The van der Waals surface area contributed by atoms with Crippen LogP contribution >= 0.6 is 0 Å². The van der Waals surface area contributed by atoms with Crippen molar-refractivity contribution in [2.75, 3.05) is 29.4 Å². The van der Waals surface area contributed by atoms with E-state index in [1.807, 2.05) is 0 Å². The molecule has 87 heavy (non-hydrogen) atoms. The zero-order valence-electron chi connectivity index (χ0n) is 47.3. The zero-order chi connectivity index (χ0) is 57.1. The van der Waals surface area contributed by atoms with Crippen LogP contribution in [0.1, 0.15) is 0 Å². The first-order valence-corrected chi connectivity index (χ1v) is 29.9. The molecule has 0 fully saturated rings. The highest BCUT2D eigenvalue weighted by molar-refractivity contribution is 7.03. The molecule has 13 aromatic carbocycles. The summed E-state index contributed by atoms with van der Waals surface area (Å²) < 4.78 is 7.01. The third kappa shape index (κ3) is 7.52. The number of rotatable bonds is 9. The van der Waals surface area contributed by atoms with Gasteiger partial charge in [-0.15, -0.1) is 0 Å². The van der Waals surface area contributed by atoms with Crippen LogP contribution in [0.15, 0.2) is 315 Å². The van der Waals surface area contributed by atoms with E-state index in [1.165, 1.54) is 32.8 Å². The van der Waals surface area contributed by atoms with Crippen molar-refractivity contribution in [3.8, 4) is 11.5 Å². The number of para-hydroxylation sites is 11. The molecule has 0 saturated carbocycles. The molecule has 0 spiro atoms. The largest absolute Gasteiger partial charge is 0.453 e. The van der Waals surface area contributed by atoms with E-state index < -0.39 is 0 Å². The highest BCUT2D eigenvalue weighted by atomic mass is 16.5. The maximum Gasteiger partial charge on any atom is 0.252 e. The third-order valence-electron chi connectivity index (χ3n) is 18.1. The molecule has 5 aliphatic heterocycles. The lowest BCUT2D eigenvalue weighted by Crippen LogP contribution is -2.65. The highest BCUT2D eigenvalue weighted by Crippen LogP contribution is 2.56. The fourth-order valence-corrected chi connectivity index (χ4v) is 14.6. The number of fused-ring (bicyclic) bond motifs is 10. The number of ether oxygens (including phenoxy) is 1. The molecule has 406 valence electrons. The van der Waals surface area contributed by atoms with Crippen LogP contribution in [-0.4, -0.2) is 13.4 Å². The minimum atomic E-state index is -0.204. The van der Waals surface area contributed by atoms with Crippen LogP contribution in [0.5, 0.6) is 11.5 Å². The Morgan fingerprint density at radius 1 is 0.230 bits per heavy atom. The van der Waals surface area contributed by atoms with Gasteiger partial charge in [0.15, 0.2) is 11.5 Å². The number of anilines is 18. The Bertz CT molecular complexity index is 4750. The summed E-state index contributed by atoms with van der Waals surface area (Å²) in [6, 6.07) is 115. The van der Waals surface area contributed by atoms with Crippen LogP contribution in [0.4, 0.5) is 102 Å². The molecular weight excluding hydrogens is 1060 g/mol. The van der Waals surface area contributed by atoms with E-state index in [1.54, 1.807) is 0 Å². The van der Waals surface area contributed by atoms with Gasteiger partial charge < -0.3 is 34.1 Å².